The van der Waals surface area contributed by atoms with Crippen molar-refractivity contribution in [1.82, 2.24) is 39.6 Å². The molecule has 0 unspecified atom stereocenters. The van der Waals surface area contributed by atoms with Crippen LogP contribution in [0.5, 0.6) is 5.75 Å². The third-order valence-corrected chi connectivity index (χ3v) is 6.13. The molecule has 176 valence electrons. The Kier molecular flexibility index (Phi) is 5.83. The van der Waals surface area contributed by atoms with E-state index in [1.807, 2.05) is 52.4 Å². The summed E-state index contributed by atoms with van der Waals surface area (Å²) in [4.78, 5) is 19.4. The van der Waals surface area contributed by atoms with Gasteiger partial charge in [-0.05, 0) is 19.1 Å². The van der Waals surface area contributed by atoms with Crippen molar-refractivity contribution in [2.45, 2.75) is 39.3 Å². The number of methoxy groups -OCH3 is 1. The van der Waals surface area contributed by atoms with E-state index in [1.54, 1.807) is 13.4 Å². The molecule has 1 amide bonds. The second kappa shape index (κ2) is 9.08. The van der Waals surface area contributed by atoms with E-state index in [0.29, 0.717) is 37.0 Å². The molecule has 1 aliphatic heterocycles. The second-order valence-corrected chi connectivity index (χ2v) is 8.12. The fourth-order valence-corrected chi connectivity index (χ4v) is 4.32. The van der Waals surface area contributed by atoms with Crippen molar-refractivity contribution in [3.63, 3.8) is 0 Å². The van der Waals surface area contributed by atoms with Crippen molar-refractivity contribution < 1.29 is 14.1 Å². The predicted molar refractivity (Wildman–Crippen MR) is 122 cm³/mol. The third kappa shape index (κ3) is 3.93. The number of amides is 1. The minimum Gasteiger partial charge on any atom is -0.496 e. The van der Waals surface area contributed by atoms with Gasteiger partial charge in [-0.25, -0.2) is 0 Å². The lowest BCUT2D eigenvalue weighted by Gasteiger charge is -2.27. The zero-order valence-corrected chi connectivity index (χ0v) is 19.4. The minimum atomic E-state index is 0.0365. The van der Waals surface area contributed by atoms with Gasteiger partial charge in [0.1, 0.15) is 17.8 Å². The lowest BCUT2D eigenvalue weighted by atomic mass is 10.0. The summed E-state index contributed by atoms with van der Waals surface area (Å²) in [6.45, 7) is 3.91. The van der Waals surface area contributed by atoms with Crippen molar-refractivity contribution in [1.29, 1.82) is 0 Å². The van der Waals surface area contributed by atoms with E-state index in [2.05, 4.69) is 25.4 Å². The average Bonchev–Trinajstić information content (AvgIpc) is 3.61. The van der Waals surface area contributed by atoms with Gasteiger partial charge in [-0.1, -0.05) is 17.3 Å². The first-order valence-electron chi connectivity index (χ1n) is 11.3. The van der Waals surface area contributed by atoms with E-state index >= 15 is 0 Å². The zero-order valence-electron chi connectivity index (χ0n) is 19.4. The van der Waals surface area contributed by atoms with Gasteiger partial charge in [0.25, 0.3) is 0 Å². The van der Waals surface area contributed by atoms with Gasteiger partial charge >= 0.3 is 0 Å². The van der Waals surface area contributed by atoms with Gasteiger partial charge in [-0.2, -0.15) is 10.1 Å². The van der Waals surface area contributed by atoms with Gasteiger partial charge in [-0.3, -0.25) is 9.48 Å². The van der Waals surface area contributed by atoms with Crippen LogP contribution in [0.15, 0.2) is 35.1 Å². The summed E-state index contributed by atoms with van der Waals surface area (Å²) in [5.74, 6) is 2.30. The van der Waals surface area contributed by atoms with Crippen molar-refractivity contribution >= 4 is 5.91 Å². The van der Waals surface area contributed by atoms with E-state index < -0.39 is 0 Å². The SMILES string of the molecule is CCn1cnnc1-c1nn(C)c2c1CN(C(=O)CCc1nc(-c3ccccc3OC)no1)CC2. The number of carbonyl (C=O) groups is 1. The summed E-state index contributed by atoms with van der Waals surface area (Å²) in [7, 11) is 3.53. The number of fused-ring (bicyclic) bond motifs is 1. The summed E-state index contributed by atoms with van der Waals surface area (Å²) in [6.07, 6.45) is 3.09. The van der Waals surface area contributed by atoms with Crippen LogP contribution in [0.1, 0.15) is 30.5 Å². The zero-order chi connectivity index (χ0) is 23.7. The molecule has 4 aromatic rings. The van der Waals surface area contributed by atoms with Crippen LogP contribution < -0.4 is 4.74 Å². The van der Waals surface area contributed by atoms with Crippen LogP contribution in [0, 0.1) is 0 Å². The Balaban J connectivity index is 1.28. The molecule has 0 radical (unpaired) electrons. The molecule has 11 nitrogen and oxygen atoms in total. The molecule has 0 bridgehead atoms. The number of carbonyl (C=O) groups excluding carboxylic acids is 1. The highest BCUT2D eigenvalue weighted by atomic mass is 16.5. The summed E-state index contributed by atoms with van der Waals surface area (Å²) in [5.41, 5.74) is 3.69. The summed E-state index contributed by atoms with van der Waals surface area (Å²) in [6, 6.07) is 7.48. The Hall–Kier alpha value is -4.02. The molecule has 34 heavy (non-hydrogen) atoms. The van der Waals surface area contributed by atoms with Crippen LogP contribution in [0.3, 0.4) is 0 Å². The monoisotopic (exact) mass is 462 g/mol. The molecule has 0 saturated heterocycles. The van der Waals surface area contributed by atoms with Crippen LogP contribution in [-0.4, -0.2) is 59.1 Å². The molecule has 3 aromatic heterocycles. The first kappa shape index (κ1) is 21.8. The molecular formula is C23H26N8O3. The van der Waals surface area contributed by atoms with Crippen molar-refractivity contribution in [3.8, 4) is 28.7 Å². The standard InChI is InChI=1S/C23H26N8O3/c1-4-30-14-24-26-23(30)21-16-13-31(12-11-17(16)29(2)27-21)20(32)10-9-19-25-22(28-34-19)15-7-5-6-8-18(15)33-3/h5-8,14H,4,9-13H2,1-3H3. The number of aryl methyl sites for hydroxylation is 3. The molecule has 5 rings (SSSR count). The van der Waals surface area contributed by atoms with Gasteiger partial charge in [0.15, 0.2) is 5.82 Å². The molecule has 0 atom stereocenters. The molecule has 0 aliphatic carbocycles. The van der Waals surface area contributed by atoms with Crippen LogP contribution in [-0.2, 0) is 37.8 Å². The van der Waals surface area contributed by atoms with E-state index in [4.69, 9.17) is 9.26 Å². The van der Waals surface area contributed by atoms with Gasteiger partial charge in [0.2, 0.25) is 17.6 Å². The van der Waals surface area contributed by atoms with Gasteiger partial charge < -0.3 is 18.7 Å². The maximum Gasteiger partial charge on any atom is 0.227 e. The van der Waals surface area contributed by atoms with Crippen molar-refractivity contribution in [3.05, 3.63) is 47.7 Å². The Morgan fingerprint density at radius 3 is 2.94 bits per heavy atom. The highest BCUT2D eigenvalue weighted by Crippen LogP contribution is 2.30. The fraction of sp³-hybridized carbons (Fsp3) is 0.391. The molecule has 0 N–H and O–H groups in total. The fourth-order valence-electron chi connectivity index (χ4n) is 4.32. The second-order valence-electron chi connectivity index (χ2n) is 8.12. The number of hydrogen-bond acceptors (Lipinski definition) is 8. The van der Waals surface area contributed by atoms with E-state index in [0.717, 1.165) is 41.3 Å². The van der Waals surface area contributed by atoms with E-state index in [9.17, 15) is 4.79 Å². The van der Waals surface area contributed by atoms with Gasteiger partial charge in [-0.15, -0.1) is 10.2 Å². The van der Waals surface area contributed by atoms with Crippen LogP contribution in [0.25, 0.3) is 22.9 Å². The molecule has 4 heterocycles. The number of aromatic nitrogens is 7. The molecular weight excluding hydrogens is 436 g/mol. The Morgan fingerprint density at radius 2 is 2.12 bits per heavy atom. The number of rotatable bonds is 7. The molecule has 0 fully saturated rings. The molecule has 11 heteroatoms. The molecule has 1 aromatic carbocycles. The number of nitrogens with zero attached hydrogens (tertiary/aromatic N) is 8. The Morgan fingerprint density at radius 1 is 1.26 bits per heavy atom. The number of benzene rings is 1. The topological polar surface area (TPSA) is 117 Å². The number of ether oxygens (including phenoxy) is 1. The highest BCUT2D eigenvalue weighted by molar-refractivity contribution is 5.77. The van der Waals surface area contributed by atoms with E-state index in [1.165, 1.54) is 0 Å². The Bertz CT molecular complexity index is 1320. The predicted octanol–water partition coefficient (Wildman–Crippen LogP) is 2.27. The summed E-state index contributed by atoms with van der Waals surface area (Å²) in [5, 5.41) is 17.0. The van der Waals surface area contributed by atoms with Crippen LogP contribution >= 0.6 is 0 Å². The maximum atomic E-state index is 13.0. The van der Waals surface area contributed by atoms with Gasteiger partial charge in [0.05, 0.1) is 12.7 Å². The summed E-state index contributed by atoms with van der Waals surface area (Å²) < 4.78 is 14.6. The number of para-hydroxylation sites is 1. The van der Waals surface area contributed by atoms with Crippen LogP contribution in [0.2, 0.25) is 0 Å². The van der Waals surface area contributed by atoms with Crippen LogP contribution in [0.4, 0.5) is 0 Å². The maximum absolute atomic E-state index is 13.0. The summed E-state index contributed by atoms with van der Waals surface area (Å²) >= 11 is 0. The average molecular weight is 463 g/mol. The Labute approximate surface area is 196 Å². The highest BCUT2D eigenvalue weighted by Gasteiger charge is 2.29. The normalized spacial score (nSPS) is 13.2. The largest absolute Gasteiger partial charge is 0.496 e. The first-order valence-corrected chi connectivity index (χ1v) is 11.3. The van der Waals surface area contributed by atoms with Crippen molar-refractivity contribution in [2.75, 3.05) is 13.7 Å². The smallest absolute Gasteiger partial charge is 0.227 e. The lowest BCUT2D eigenvalue weighted by Crippen LogP contribution is -2.36. The molecule has 0 spiro atoms. The van der Waals surface area contributed by atoms with Crippen molar-refractivity contribution in [2.24, 2.45) is 7.05 Å². The molecule has 0 saturated carbocycles. The quantitative estimate of drug-likeness (QED) is 0.411. The first-order chi connectivity index (χ1) is 16.6. The molecule has 1 aliphatic rings. The van der Waals surface area contributed by atoms with Gasteiger partial charge in [0, 0.05) is 57.2 Å². The lowest BCUT2D eigenvalue weighted by molar-refractivity contribution is -0.132. The minimum absolute atomic E-state index is 0.0365. The third-order valence-electron chi connectivity index (χ3n) is 6.13. The number of hydrogen-bond donors (Lipinski definition) is 0. The van der Waals surface area contributed by atoms with E-state index in [-0.39, 0.29) is 12.3 Å².